The van der Waals surface area contributed by atoms with Crippen LogP contribution in [0.3, 0.4) is 0 Å². The number of nitrogens with one attached hydrogen (secondary N) is 2. The predicted molar refractivity (Wildman–Crippen MR) is 114 cm³/mol. The van der Waals surface area contributed by atoms with E-state index in [1.165, 1.54) is 5.56 Å². The fourth-order valence-corrected chi connectivity index (χ4v) is 3.50. The van der Waals surface area contributed by atoms with E-state index in [9.17, 15) is 0 Å². The summed E-state index contributed by atoms with van der Waals surface area (Å²) in [4.78, 5) is 4.34. The van der Waals surface area contributed by atoms with Crippen LogP contribution in [0.2, 0.25) is 0 Å². The van der Waals surface area contributed by atoms with Crippen molar-refractivity contribution in [3.05, 3.63) is 66.2 Å². The van der Waals surface area contributed by atoms with Crippen LogP contribution in [0, 0.1) is 5.92 Å². The Labute approximate surface area is 168 Å². The molecule has 28 heavy (non-hydrogen) atoms. The highest BCUT2D eigenvalue weighted by Crippen LogP contribution is 2.32. The Hall–Kier alpha value is -2.53. The molecule has 0 aliphatic carbocycles. The predicted octanol–water partition coefficient (Wildman–Crippen LogP) is 3.79. The number of benzene rings is 2. The molecule has 1 aliphatic heterocycles. The Morgan fingerprint density at radius 1 is 1.07 bits per heavy atom. The molecule has 2 atom stereocenters. The Morgan fingerprint density at radius 3 is 2.57 bits per heavy atom. The highest BCUT2D eigenvalue weighted by molar-refractivity contribution is 5.79. The molecule has 5 nitrogen and oxygen atoms in total. The molecular formula is C23H31N3O2. The Balaban J connectivity index is 1.39. The zero-order chi connectivity index (χ0) is 19.4. The molecule has 5 heteroatoms. The summed E-state index contributed by atoms with van der Waals surface area (Å²) in [7, 11) is 1.81. The third-order valence-corrected chi connectivity index (χ3v) is 4.95. The van der Waals surface area contributed by atoms with E-state index in [1.807, 2.05) is 43.4 Å². The number of hydrogen-bond donors (Lipinski definition) is 2. The van der Waals surface area contributed by atoms with Crippen molar-refractivity contribution in [2.75, 3.05) is 33.4 Å². The molecule has 1 heterocycles. The van der Waals surface area contributed by atoms with Crippen LogP contribution in [-0.2, 0) is 4.74 Å². The van der Waals surface area contributed by atoms with Gasteiger partial charge in [-0.15, -0.1) is 0 Å². The number of ether oxygens (including phenoxy) is 2. The normalized spacial score (nSPS) is 19.8. The number of guanidine groups is 1. The van der Waals surface area contributed by atoms with Crippen molar-refractivity contribution < 1.29 is 9.47 Å². The van der Waals surface area contributed by atoms with Crippen LogP contribution in [0.5, 0.6) is 5.75 Å². The standard InChI is InChI=1S/C23H31N3O2/c1-24-23(25-15-9-17-27-21-13-6-3-7-14-21)26-18-20-12-8-16-28-22(20)19-10-4-2-5-11-19/h2-7,10-11,13-14,20,22H,8-9,12,15-18H2,1H3,(H2,24,25,26). The van der Waals surface area contributed by atoms with Crippen molar-refractivity contribution >= 4 is 5.96 Å². The molecule has 1 aliphatic rings. The zero-order valence-electron chi connectivity index (χ0n) is 16.6. The Bertz CT molecular complexity index is 706. The highest BCUT2D eigenvalue weighted by Gasteiger charge is 2.27. The summed E-state index contributed by atoms with van der Waals surface area (Å²) >= 11 is 0. The number of nitrogens with zero attached hydrogens (tertiary/aromatic N) is 1. The van der Waals surface area contributed by atoms with Crippen LogP contribution in [0.1, 0.15) is 30.9 Å². The first-order valence-corrected chi connectivity index (χ1v) is 10.2. The third kappa shape index (κ3) is 6.27. The van der Waals surface area contributed by atoms with Gasteiger partial charge in [0.2, 0.25) is 0 Å². The maximum atomic E-state index is 6.08. The number of hydrogen-bond acceptors (Lipinski definition) is 3. The average molecular weight is 382 g/mol. The SMILES string of the molecule is CN=C(NCCCOc1ccccc1)NCC1CCCOC1c1ccccc1. The highest BCUT2D eigenvalue weighted by atomic mass is 16.5. The van der Waals surface area contributed by atoms with E-state index in [0.717, 1.165) is 50.7 Å². The lowest BCUT2D eigenvalue weighted by Gasteiger charge is -2.32. The van der Waals surface area contributed by atoms with Crippen molar-refractivity contribution in [1.82, 2.24) is 10.6 Å². The van der Waals surface area contributed by atoms with Crippen LogP contribution in [-0.4, -0.2) is 39.3 Å². The van der Waals surface area contributed by atoms with Gasteiger partial charge in [-0.25, -0.2) is 0 Å². The van der Waals surface area contributed by atoms with E-state index in [1.54, 1.807) is 0 Å². The van der Waals surface area contributed by atoms with Gasteiger partial charge in [0.05, 0.1) is 12.7 Å². The van der Waals surface area contributed by atoms with Crippen molar-refractivity contribution in [3.8, 4) is 5.75 Å². The summed E-state index contributed by atoms with van der Waals surface area (Å²) < 4.78 is 11.8. The summed E-state index contributed by atoms with van der Waals surface area (Å²) in [6.07, 6.45) is 3.33. The lowest BCUT2D eigenvalue weighted by Crippen LogP contribution is -2.42. The van der Waals surface area contributed by atoms with Gasteiger partial charge in [-0.1, -0.05) is 48.5 Å². The first-order chi connectivity index (χ1) is 13.9. The van der Waals surface area contributed by atoms with Gasteiger partial charge >= 0.3 is 0 Å². The monoisotopic (exact) mass is 381 g/mol. The second kappa shape index (κ2) is 11.3. The van der Waals surface area contributed by atoms with Crippen LogP contribution in [0.15, 0.2) is 65.7 Å². The fourth-order valence-electron chi connectivity index (χ4n) is 3.50. The maximum Gasteiger partial charge on any atom is 0.190 e. The van der Waals surface area contributed by atoms with Gasteiger partial charge in [0.25, 0.3) is 0 Å². The summed E-state index contributed by atoms with van der Waals surface area (Å²) in [5, 5.41) is 6.83. The smallest absolute Gasteiger partial charge is 0.190 e. The Kier molecular flexibility index (Phi) is 8.19. The fraction of sp³-hybridized carbons (Fsp3) is 0.435. The molecule has 2 aromatic rings. The average Bonchev–Trinajstić information content (AvgIpc) is 2.77. The van der Waals surface area contributed by atoms with Gasteiger partial charge in [-0.3, -0.25) is 4.99 Å². The molecule has 0 radical (unpaired) electrons. The van der Waals surface area contributed by atoms with Gasteiger partial charge in [-0.05, 0) is 37.0 Å². The molecular weight excluding hydrogens is 350 g/mol. The van der Waals surface area contributed by atoms with Crippen molar-refractivity contribution in [2.45, 2.75) is 25.4 Å². The van der Waals surface area contributed by atoms with Crippen molar-refractivity contribution in [2.24, 2.45) is 10.9 Å². The summed E-state index contributed by atoms with van der Waals surface area (Å²) in [5.41, 5.74) is 1.26. The van der Waals surface area contributed by atoms with E-state index >= 15 is 0 Å². The van der Waals surface area contributed by atoms with Crippen LogP contribution < -0.4 is 15.4 Å². The molecule has 0 bridgehead atoms. The second-order valence-corrected chi connectivity index (χ2v) is 7.00. The maximum absolute atomic E-state index is 6.08. The molecule has 1 saturated heterocycles. The van der Waals surface area contributed by atoms with E-state index < -0.39 is 0 Å². The molecule has 2 unspecified atom stereocenters. The summed E-state index contributed by atoms with van der Waals surface area (Å²) in [5.74, 6) is 2.18. The van der Waals surface area contributed by atoms with E-state index in [-0.39, 0.29) is 6.10 Å². The van der Waals surface area contributed by atoms with Crippen molar-refractivity contribution in [1.29, 1.82) is 0 Å². The van der Waals surface area contributed by atoms with Gasteiger partial charge in [0.15, 0.2) is 5.96 Å². The largest absolute Gasteiger partial charge is 0.494 e. The number of rotatable bonds is 8. The van der Waals surface area contributed by atoms with E-state index in [2.05, 4.69) is 39.9 Å². The van der Waals surface area contributed by atoms with E-state index in [4.69, 9.17) is 9.47 Å². The molecule has 1 fully saturated rings. The molecule has 2 aromatic carbocycles. The number of para-hydroxylation sites is 1. The van der Waals surface area contributed by atoms with Gasteiger partial charge in [0.1, 0.15) is 5.75 Å². The first kappa shape index (κ1) is 20.2. The van der Waals surface area contributed by atoms with E-state index in [0.29, 0.717) is 12.5 Å². The van der Waals surface area contributed by atoms with Gasteiger partial charge < -0.3 is 20.1 Å². The molecule has 0 saturated carbocycles. The van der Waals surface area contributed by atoms with Crippen LogP contribution in [0.25, 0.3) is 0 Å². The minimum Gasteiger partial charge on any atom is -0.494 e. The van der Waals surface area contributed by atoms with Crippen LogP contribution >= 0.6 is 0 Å². The van der Waals surface area contributed by atoms with Gasteiger partial charge in [-0.2, -0.15) is 0 Å². The quantitative estimate of drug-likeness (QED) is 0.415. The second-order valence-electron chi connectivity index (χ2n) is 7.00. The number of aliphatic imine (C=N–C) groups is 1. The molecule has 0 amide bonds. The summed E-state index contributed by atoms with van der Waals surface area (Å²) in [6, 6.07) is 20.4. The molecule has 3 rings (SSSR count). The summed E-state index contributed by atoms with van der Waals surface area (Å²) in [6.45, 7) is 3.18. The molecule has 0 aromatic heterocycles. The molecule has 2 N–H and O–H groups in total. The van der Waals surface area contributed by atoms with Gasteiger partial charge in [0, 0.05) is 32.7 Å². The molecule has 0 spiro atoms. The Morgan fingerprint density at radius 2 is 1.82 bits per heavy atom. The van der Waals surface area contributed by atoms with Crippen LogP contribution in [0.4, 0.5) is 0 Å². The lowest BCUT2D eigenvalue weighted by atomic mass is 9.89. The zero-order valence-corrected chi connectivity index (χ0v) is 16.6. The lowest BCUT2D eigenvalue weighted by molar-refractivity contribution is -0.0265. The minimum atomic E-state index is 0.153. The topological polar surface area (TPSA) is 54.9 Å². The molecule has 150 valence electrons. The third-order valence-electron chi connectivity index (χ3n) is 4.95. The minimum absolute atomic E-state index is 0.153. The first-order valence-electron chi connectivity index (χ1n) is 10.2. The van der Waals surface area contributed by atoms with Crippen molar-refractivity contribution in [3.63, 3.8) is 0 Å².